The number of carbonyl (C=O) groups excluding carboxylic acids is 1. The number of nitrogens with zero attached hydrogens (tertiary/aromatic N) is 1. The van der Waals surface area contributed by atoms with E-state index in [0.717, 1.165) is 38.5 Å². The average Bonchev–Trinajstić information content (AvgIpc) is 2.92. The highest BCUT2D eigenvalue weighted by Crippen LogP contribution is 2.34. The summed E-state index contributed by atoms with van der Waals surface area (Å²) in [7, 11) is 0. The fraction of sp³-hybridized carbons (Fsp3) is 0.600. The summed E-state index contributed by atoms with van der Waals surface area (Å²) in [6, 6.07) is 2.11. The van der Waals surface area contributed by atoms with Gasteiger partial charge in [0.2, 0.25) is 5.88 Å². The molecule has 0 unspecified atom stereocenters. The molecule has 1 aliphatic rings. The highest BCUT2D eigenvalue weighted by molar-refractivity contribution is 5.98. The first-order chi connectivity index (χ1) is 10.1. The van der Waals surface area contributed by atoms with Gasteiger partial charge in [0.1, 0.15) is 11.3 Å². The quantitative estimate of drug-likeness (QED) is 0.721. The Morgan fingerprint density at radius 1 is 1.38 bits per heavy atom. The first kappa shape index (κ1) is 15.4. The number of pyridine rings is 1. The Kier molecular flexibility index (Phi) is 4.88. The summed E-state index contributed by atoms with van der Waals surface area (Å²) in [5, 5.41) is 22.7. The zero-order valence-electron chi connectivity index (χ0n) is 12.2. The molecule has 1 saturated carbocycles. The first-order valence-corrected chi connectivity index (χ1v) is 7.44. The van der Waals surface area contributed by atoms with Crippen LogP contribution in [0.5, 0.6) is 11.6 Å². The Morgan fingerprint density at radius 2 is 2.05 bits per heavy atom. The average molecular weight is 293 g/mol. The van der Waals surface area contributed by atoms with Gasteiger partial charge in [0, 0.05) is 12.6 Å². The molecule has 1 amide bonds. The van der Waals surface area contributed by atoms with Crippen molar-refractivity contribution in [3.63, 3.8) is 0 Å². The minimum absolute atomic E-state index is 0.128. The van der Waals surface area contributed by atoms with Crippen LogP contribution in [0.3, 0.4) is 0 Å². The predicted molar refractivity (Wildman–Crippen MR) is 77.6 cm³/mol. The lowest BCUT2D eigenvalue weighted by Gasteiger charge is -2.18. The normalized spacial score (nSPS) is 15.3. The standard InChI is InChI=1S/C15H21N2O4/c1-2-3-8-16-14(20)13-11(18)9-12(19)17(15(13)21)10-6-4-5-7-10/h10,18,21H,2-8H2,1H3,(H,16,20). The third-order valence-electron chi connectivity index (χ3n) is 3.87. The van der Waals surface area contributed by atoms with E-state index in [1.807, 2.05) is 6.92 Å². The van der Waals surface area contributed by atoms with Crippen molar-refractivity contribution in [3.05, 3.63) is 22.0 Å². The maximum atomic E-state index is 12.1. The number of rotatable bonds is 5. The van der Waals surface area contributed by atoms with Crippen LogP contribution in [0.15, 0.2) is 4.79 Å². The van der Waals surface area contributed by atoms with Crippen LogP contribution in [0.2, 0.25) is 0 Å². The van der Waals surface area contributed by atoms with Gasteiger partial charge in [-0.3, -0.25) is 14.2 Å². The fourth-order valence-corrected chi connectivity index (χ4v) is 2.72. The predicted octanol–water partition coefficient (Wildman–Crippen LogP) is 1.70. The highest BCUT2D eigenvalue weighted by Gasteiger charge is 2.27. The van der Waals surface area contributed by atoms with Crippen LogP contribution in [0.4, 0.5) is 0 Å². The van der Waals surface area contributed by atoms with Gasteiger partial charge in [0.05, 0.1) is 6.07 Å². The molecule has 6 nitrogen and oxygen atoms in total. The van der Waals surface area contributed by atoms with Crippen LogP contribution in [-0.4, -0.2) is 27.2 Å². The number of hydrogen-bond donors (Lipinski definition) is 3. The molecule has 1 heterocycles. The lowest BCUT2D eigenvalue weighted by atomic mass is 10.1. The van der Waals surface area contributed by atoms with E-state index in [9.17, 15) is 19.8 Å². The van der Waals surface area contributed by atoms with Crippen LogP contribution in [0, 0.1) is 6.07 Å². The van der Waals surface area contributed by atoms with Gasteiger partial charge in [-0.15, -0.1) is 0 Å². The zero-order valence-corrected chi connectivity index (χ0v) is 12.2. The second kappa shape index (κ2) is 6.65. The molecule has 0 bridgehead atoms. The Balaban J connectivity index is 2.34. The third kappa shape index (κ3) is 3.20. The molecular formula is C15H21N2O4. The Morgan fingerprint density at radius 3 is 2.67 bits per heavy atom. The van der Waals surface area contributed by atoms with Gasteiger partial charge in [-0.1, -0.05) is 26.2 Å². The lowest BCUT2D eigenvalue weighted by Crippen LogP contribution is -2.29. The van der Waals surface area contributed by atoms with Crippen LogP contribution < -0.4 is 10.9 Å². The van der Waals surface area contributed by atoms with E-state index in [4.69, 9.17) is 0 Å². The number of unbranched alkanes of at least 4 members (excludes halogenated alkanes) is 1. The molecular weight excluding hydrogens is 272 g/mol. The van der Waals surface area contributed by atoms with Crippen molar-refractivity contribution in [1.82, 2.24) is 9.88 Å². The van der Waals surface area contributed by atoms with Crippen molar-refractivity contribution in [2.24, 2.45) is 0 Å². The summed E-state index contributed by atoms with van der Waals surface area (Å²) in [5.74, 6) is -1.64. The summed E-state index contributed by atoms with van der Waals surface area (Å²) in [5.41, 5.74) is -0.861. The molecule has 0 aliphatic heterocycles. The Hall–Kier alpha value is -1.98. The van der Waals surface area contributed by atoms with Crippen molar-refractivity contribution in [3.8, 4) is 11.6 Å². The molecule has 0 saturated heterocycles. The molecule has 1 aromatic heterocycles. The molecule has 1 radical (unpaired) electrons. The van der Waals surface area contributed by atoms with E-state index < -0.39 is 23.1 Å². The summed E-state index contributed by atoms with van der Waals surface area (Å²) in [6.45, 7) is 2.45. The van der Waals surface area contributed by atoms with E-state index in [1.165, 1.54) is 4.57 Å². The summed E-state index contributed by atoms with van der Waals surface area (Å²) in [6.07, 6.45) is 5.25. The monoisotopic (exact) mass is 293 g/mol. The highest BCUT2D eigenvalue weighted by atomic mass is 16.3. The Bertz CT molecular complexity index is 574. The molecule has 3 N–H and O–H groups in total. The van der Waals surface area contributed by atoms with Crippen molar-refractivity contribution in [1.29, 1.82) is 0 Å². The molecule has 1 fully saturated rings. The van der Waals surface area contributed by atoms with Crippen molar-refractivity contribution in [2.75, 3.05) is 6.54 Å². The van der Waals surface area contributed by atoms with Gasteiger partial charge < -0.3 is 15.5 Å². The van der Waals surface area contributed by atoms with E-state index >= 15 is 0 Å². The molecule has 115 valence electrons. The first-order valence-electron chi connectivity index (χ1n) is 7.44. The SMILES string of the molecule is CCCCNC(=O)c1c(O)[c]c(=O)n(C2CCCC2)c1O. The molecule has 21 heavy (non-hydrogen) atoms. The van der Waals surface area contributed by atoms with Crippen LogP contribution in [0.1, 0.15) is 61.8 Å². The van der Waals surface area contributed by atoms with Gasteiger partial charge in [0.25, 0.3) is 11.5 Å². The van der Waals surface area contributed by atoms with Crippen molar-refractivity contribution < 1.29 is 15.0 Å². The molecule has 0 atom stereocenters. The summed E-state index contributed by atoms with van der Waals surface area (Å²) in [4.78, 5) is 24.0. The van der Waals surface area contributed by atoms with Gasteiger partial charge >= 0.3 is 0 Å². The molecule has 6 heteroatoms. The van der Waals surface area contributed by atoms with Gasteiger partial charge in [0.15, 0.2) is 0 Å². The molecule has 0 spiro atoms. The van der Waals surface area contributed by atoms with E-state index in [0.29, 0.717) is 6.54 Å². The largest absolute Gasteiger partial charge is 0.506 e. The van der Waals surface area contributed by atoms with Crippen molar-refractivity contribution in [2.45, 2.75) is 51.5 Å². The maximum Gasteiger partial charge on any atom is 0.265 e. The number of aromatic hydroxyl groups is 2. The number of carbonyl (C=O) groups is 1. The Labute approximate surface area is 123 Å². The zero-order chi connectivity index (χ0) is 15.4. The number of aromatic nitrogens is 1. The van der Waals surface area contributed by atoms with Crippen LogP contribution in [0.25, 0.3) is 0 Å². The number of nitrogens with one attached hydrogen (secondary N) is 1. The van der Waals surface area contributed by atoms with Crippen LogP contribution in [-0.2, 0) is 0 Å². The van der Waals surface area contributed by atoms with E-state index in [-0.39, 0.29) is 11.6 Å². The molecule has 1 aromatic rings. The minimum atomic E-state index is -0.597. The summed E-state index contributed by atoms with van der Waals surface area (Å²) >= 11 is 0. The minimum Gasteiger partial charge on any atom is -0.506 e. The number of amides is 1. The smallest absolute Gasteiger partial charge is 0.265 e. The topological polar surface area (TPSA) is 91.6 Å². The second-order valence-electron chi connectivity index (χ2n) is 5.40. The molecule has 1 aliphatic carbocycles. The second-order valence-corrected chi connectivity index (χ2v) is 5.40. The maximum absolute atomic E-state index is 12.1. The van der Waals surface area contributed by atoms with E-state index in [2.05, 4.69) is 11.4 Å². The fourth-order valence-electron chi connectivity index (χ4n) is 2.72. The number of hydrogen-bond acceptors (Lipinski definition) is 4. The summed E-state index contributed by atoms with van der Waals surface area (Å²) < 4.78 is 1.18. The lowest BCUT2D eigenvalue weighted by molar-refractivity contribution is 0.0945. The third-order valence-corrected chi connectivity index (χ3v) is 3.87. The van der Waals surface area contributed by atoms with Crippen molar-refractivity contribution >= 4 is 5.91 Å². The van der Waals surface area contributed by atoms with Crippen LogP contribution >= 0.6 is 0 Å². The van der Waals surface area contributed by atoms with Gasteiger partial charge in [-0.25, -0.2) is 0 Å². The van der Waals surface area contributed by atoms with Gasteiger partial charge in [-0.2, -0.15) is 0 Å². The van der Waals surface area contributed by atoms with E-state index in [1.54, 1.807) is 0 Å². The van der Waals surface area contributed by atoms with Gasteiger partial charge in [-0.05, 0) is 19.3 Å². The molecule has 2 rings (SSSR count). The molecule has 0 aromatic carbocycles.